The Labute approximate surface area is 102 Å². The number of hydrogen-bond acceptors (Lipinski definition) is 3. The summed E-state index contributed by atoms with van der Waals surface area (Å²) in [6.07, 6.45) is 0.917. The van der Waals surface area contributed by atoms with Crippen molar-refractivity contribution in [3.63, 3.8) is 0 Å². The smallest absolute Gasteiger partial charge is 0.119 e. The predicted molar refractivity (Wildman–Crippen MR) is 66.1 cm³/mol. The lowest BCUT2D eigenvalue weighted by molar-refractivity contribution is -0.00973. The molecular weight excluding hydrogens is 216 g/mol. The molecule has 0 spiro atoms. The first-order valence-corrected chi connectivity index (χ1v) is 6.18. The molecule has 3 heteroatoms. The molecule has 0 aromatic heterocycles. The zero-order valence-corrected chi connectivity index (χ0v) is 10.5. The van der Waals surface area contributed by atoms with Crippen LogP contribution in [0.2, 0.25) is 0 Å². The minimum Gasteiger partial charge on any atom is -0.494 e. The van der Waals surface area contributed by atoms with E-state index in [-0.39, 0.29) is 5.92 Å². The lowest BCUT2D eigenvalue weighted by Crippen LogP contribution is -2.32. The second kappa shape index (κ2) is 5.07. The number of benzene rings is 1. The topological polar surface area (TPSA) is 38.7 Å². The molecule has 2 atom stereocenters. The van der Waals surface area contributed by atoms with Gasteiger partial charge in [0.05, 0.1) is 18.8 Å². The van der Waals surface area contributed by atoms with Gasteiger partial charge in [-0.2, -0.15) is 0 Å². The van der Waals surface area contributed by atoms with E-state index in [0.717, 1.165) is 24.3 Å². The van der Waals surface area contributed by atoms with Crippen LogP contribution < -0.4 is 4.74 Å². The van der Waals surface area contributed by atoms with Gasteiger partial charge in [-0.15, -0.1) is 0 Å². The maximum absolute atomic E-state index is 10.6. The first-order valence-electron chi connectivity index (χ1n) is 6.18. The molecule has 1 aromatic carbocycles. The molecule has 1 heterocycles. The molecular formula is C14H20O3. The summed E-state index contributed by atoms with van der Waals surface area (Å²) in [5.41, 5.74) is 0.109. The van der Waals surface area contributed by atoms with Crippen LogP contribution in [0.25, 0.3) is 0 Å². The SMILES string of the molecule is CCOc1ccc(C(C)(O)C2CCOC2)cc1. The molecule has 0 saturated carbocycles. The summed E-state index contributed by atoms with van der Waals surface area (Å²) < 4.78 is 10.7. The van der Waals surface area contributed by atoms with E-state index in [1.807, 2.05) is 38.1 Å². The zero-order valence-electron chi connectivity index (χ0n) is 10.5. The highest BCUT2D eigenvalue weighted by Crippen LogP contribution is 2.35. The standard InChI is InChI=1S/C14H20O3/c1-3-17-13-6-4-11(5-7-13)14(2,15)12-8-9-16-10-12/h4-7,12,15H,3,8-10H2,1-2H3. The van der Waals surface area contributed by atoms with Gasteiger partial charge in [0.25, 0.3) is 0 Å². The third-order valence-corrected chi connectivity index (χ3v) is 3.47. The van der Waals surface area contributed by atoms with E-state index in [4.69, 9.17) is 9.47 Å². The van der Waals surface area contributed by atoms with E-state index < -0.39 is 5.60 Å². The van der Waals surface area contributed by atoms with E-state index in [0.29, 0.717) is 13.2 Å². The van der Waals surface area contributed by atoms with Crippen LogP contribution in [0.1, 0.15) is 25.8 Å². The average molecular weight is 236 g/mol. The van der Waals surface area contributed by atoms with Gasteiger partial charge in [0.15, 0.2) is 0 Å². The summed E-state index contributed by atoms with van der Waals surface area (Å²) in [6.45, 7) is 5.87. The highest BCUT2D eigenvalue weighted by molar-refractivity contribution is 5.31. The Kier molecular flexibility index (Phi) is 3.69. The van der Waals surface area contributed by atoms with E-state index in [1.54, 1.807) is 0 Å². The lowest BCUT2D eigenvalue weighted by Gasteiger charge is -2.29. The number of hydrogen-bond donors (Lipinski definition) is 1. The molecule has 1 aliphatic heterocycles. The lowest BCUT2D eigenvalue weighted by atomic mass is 9.82. The van der Waals surface area contributed by atoms with Crippen LogP contribution in [0.3, 0.4) is 0 Å². The molecule has 2 rings (SSSR count). The van der Waals surface area contributed by atoms with Crippen molar-refractivity contribution >= 4 is 0 Å². The Morgan fingerprint density at radius 2 is 2.12 bits per heavy atom. The molecule has 0 amide bonds. The van der Waals surface area contributed by atoms with Crippen molar-refractivity contribution in [2.75, 3.05) is 19.8 Å². The molecule has 1 aromatic rings. The van der Waals surface area contributed by atoms with Gasteiger partial charge in [0.2, 0.25) is 0 Å². The van der Waals surface area contributed by atoms with Crippen molar-refractivity contribution in [2.45, 2.75) is 25.9 Å². The molecule has 1 N–H and O–H groups in total. The molecule has 1 fully saturated rings. The average Bonchev–Trinajstić information content (AvgIpc) is 2.84. The largest absolute Gasteiger partial charge is 0.494 e. The minimum atomic E-state index is -0.818. The summed E-state index contributed by atoms with van der Waals surface area (Å²) >= 11 is 0. The number of aliphatic hydroxyl groups is 1. The van der Waals surface area contributed by atoms with Crippen LogP contribution in [-0.4, -0.2) is 24.9 Å². The van der Waals surface area contributed by atoms with Crippen LogP contribution in [0.15, 0.2) is 24.3 Å². The van der Waals surface area contributed by atoms with E-state index >= 15 is 0 Å². The Balaban J connectivity index is 2.14. The second-order valence-electron chi connectivity index (χ2n) is 4.67. The van der Waals surface area contributed by atoms with Gasteiger partial charge in [0.1, 0.15) is 5.75 Å². The molecule has 0 bridgehead atoms. The Morgan fingerprint density at radius 1 is 1.41 bits per heavy atom. The highest BCUT2D eigenvalue weighted by atomic mass is 16.5. The number of rotatable bonds is 4. The highest BCUT2D eigenvalue weighted by Gasteiger charge is 2.36. The summed E-state index contributed by atoms with van der Waals surface area (Å²) in [7, 11) is 0. The van der Waals surface area contributed by atoms with E-state index in [1.165, 1.54) is 0 Å². The Hall–Kier alpha value is -1.06. The van der Waals surface area contributed by atoms with Crippen LogP contribution in [-0.2, 0) is 10.3 Å². The van der Waals surface area contributed by atoms with Crippen molar-refractivity contribution < 1.29 is 14.6 Å². The summed E-state index contributed by atoms with van der Waals surface area (Å²) in [5, 5.41) is 10.6. The number of ether oxygens (including phenoxy) is 2. The zero-order chi connectivity index (χ0) is 12.3. The van der Waals surface area contributed by atoms with Gasteiger partial charge < -0.3 is 14.6 Å². The normalized spacial score (nSPS) is 23.4. The third-order valence-electron chi connectivity index (χ3n) is 3.47. The summed E-state index contributed by atoms with van der Waals surface area (Å²) in [6, 6.07) is 7.68. The maximum Gasteiger partial charge on any atom is 0.119 e. The minimum absolute atomic E-state index is 0.181. The fourth-order valence-electron chi connectivity index (χ4n) is 2.27. The molecule has 1 aliphatic rings. The Bertz CT molecular complexity index is 350. The quantitative estimate of drug-likeness (QED) is 0.872. The van der Waals surface area contributed by atoms with Gasteiger partial charge in [-0.1, -0.05) is 12.1 Å². The molecule has 17 heavy (non-hydrogen) atoms. The van der Waals surface area contributed by atoms with E-state index in [2.05, 4.69) is 0 Å². The summed E-state index contributed by atoms with van der Waals surface area (Å²) in [5.74, 6) is 1.02. The van der Waals surface area contributed by atoms with Crippen LogP contribution in [0.5, 0.6) is 5.75 Å². The second-order valence-corrected chi connectivity index (χ2v) is 4.67. The molecule has 0 aliphatic carbocycles. The molecule has 0 radical (unpaired) electrons. The molecule has 94 valence electrons. The van der Waals surface area contributed by atoms with Crippen molar-refractivity contribution in [1.29, 1.82) is 0 Å². The van der Waals surface area contributed by atoms with Crippen LogP contribution in [0, 0.1) is 5.92 Å². The van der Waals surface area contributed by atoms with Crippen molar-refractivity contribution in [3.05, 3.63) is 29.8 Å². The fourth-order valence-corrected chi connectivity index (χ4v) is 2.27. The van der Waals surface area contributed by atoms with Gasteiger partial charge >= 0.3 is 0 Å². The molecule has 2 unspecified atom stereocenters. The van der Waals surface area contributed by atoms with Gasteiger partial charge in [-0.3, -0.25) is 0 Å². The molecule has 1 saturated heterocycles. The van der Waals surface area contributed by atoms with Gasteiger partial charge in [0, 0.05) is 12.5 Å². The van der Waals surface area contributed by atoms with Crippen LogP contribution >= 0.6 is 0 Å². The third kappa shape index (κ3) is 2.61. The van der Waals surface area contributed by atoms with Crippen molar-refractivity contribution in [3.8, 4) is 5.75 Å². The van der Waals surface area contributed by atoms with Crippen LogP contribution in [0.4, 0.5) is 0 Å². The van der Waals surface area contributed by atoms with Gasteiger partial charge in [-0.25, -0.2) is 0 Å². The maximum atomic E-state index is 10.6. The Morgan fingerprint density at radius 3 is 2.65 bits per heavy atom. The fraction of sp³-hybridized carbons (Fsp3) is 0.571. The van der Waals surface area contributed by atoms with Crippen molar-refractivity contribution in [1.82, 2.24) is 0 Å². The predicted octanol–water partition coefficient (Wildman–Crippen LogP) is 2.33. The first-order chi connectivity index (χ1) is 8.14. The van der Waals surface area contributed by atoms with Crippen molar-refractivity contribution in [2.24, 2.45) is 5.92 Å². The monoisotopic (exact) mass is 236 g/mol. The molecule has 3 nitrogen and oxygen atoms in total. The first kappa shape index (κ1) is 12.4. The summed E-state index contributed by atoms with van der Waals surface area (Å²) in [4.78, 5) is 0. The van der Waals surface area contributed by atoms with Gasteiger partial charge in [-0.05, 0) is 38.0 Å². The van der Waals surface area contributed by atoms with E-state index in [9.17, 15) is 5.11 Å².